The molecule has 174 valence electrons. The van der Waals surface area contributed by atoms with Crippen LogP contribution in [0.25, 0.3) is 16.9 Å². The molecule has 0 unspecified atom stereocenters. The molecule has 1 saturated heterocycles. The third kappa shape index (κ3) is 4.44. The van der Waals surface area contributed by atoms with E-state index in [4.69, 9.17) is 9.84 Å². The van der Waals surface area contributed by atoms with Gasteiger partial charge in [0.25, 0.3) is 0 Å². The molecule has 0 radical (unpaired) electrons. The van der Waals surface area contributed by atoms with Crippen LogP contribution in [0.15, 0.2) is 60.7 Å². The molecule has 1 fully saturated rings. The van der Waals surface area contributed by atoms with Crippen molar-refractivity contribution in [3.05, 3.63) is 72.2 Å². The highest BCUT2D eigenvalue weighted by atomic mass is 19.1. The molecule has 2 aromatic carbocycles. The Hall–Kier alpha value is -3.94. The van der Waals surface area contributed by atoms with Crippen molar-refractivity contribution in [3.63, 3.8) is 0 Å². The van der Waals surface area contributed by atoms with E-state index in [1.54, 1.807) is 19.2 Å². The molecular formula is C26H26FN5O2. The lowest BCUT2D eigenvalue weighted by atomic mass is 9.95. The summed E-state index contributed by atoms with van der Waals surface area (Å²) in [4.78, 5) is 19.6. The molecule has 1 aliphatic rings. The Morgan fingerprint density at radius 3 is 2.56 bits per heavy atom. The van der Waals surface area contributed by atoms with Crippen LogP contribution in [0.3, 0.4) is 0 Å². The lowest BCUT2D eigenvalue weighted by Gasteiger charge is -2.33. The fourth-order valence-corrected chi connectivity index (χ4v) is 4.39. The van der Waals surface area contributed by atoms with E-state index in [2.05, 4.69) is 15.2 Å². The van der Waals surface area contributed by atoms with E-state index in [-0.39, 0.29) is 17.6 Å². The molecule has 2 aromatic heterocycles. The van der Waals surface area contributed by atoms with Crippen LogP contribution in [0, 0.1) is 18.7 Å². The monoisotopic (exact) mass is 459 g/mol. The van der Waals surface area contributed by atoms with E-state index in [1.807, 2.05) is 47.8 Å². The zero-order valence-electron chi connectivity index (χ0n) is 19.2. The summed E-state index contributed by atoms with van der Waals surface area (Å²) < 4.78 is 20.6. The van der Waals surface area contributed by atoms with Crippen molar-refractivity contribution in [2.24, 2.45) is 5.92 Å². The number of aryl methyl sites for hydroxylation is 1. The Bertz CT molecular complexity index is 1330. The van der Waals surface area contributed by atoms with Crippen LogP contribution in [-0.2, 0) is 4.79 Å². The first-order chi connectivity index (χ1) is 16.5. The van der Waals surface area contributed by atoms with E-state index in [9.17, 15) is 9.18 Å². The molecule has 34 heavy (non-hydrogen) atoms. The van der Waals surface area contributed by atoms with Crippen molar-refractivity contribution < 1.29 is 13.9 Å². The van der Waals surface area contributed by atoms with Crippen LogP contribution in [0.2, 0.25) is 0 Å². The summed E-state index contributed by atoms with van der Waals surface area (Å²) in [5, 5.41) is 7.67. The standard InChI is InChI=1S/C26H26FN5O2/c1-17-14-25(32-24(28-17)16-23(30-32)18-6-8-22(34-2)9-7-18)31-12-10-19(11-13-31)26(33)29-21-5-3-4-20(27)15-21/h3-9,14-16,19H,10-13H2,1-2H3,(H,29,33). The first-order valence-electron chi connectivity index (χ1n) is 11.3. The largest absolute Gasteiger partial charge is 0.497 e. The molecule has 1 amide bonds. The second kappa shape index (κ2) is 9.13. The molecular weight excluding hydrogens is 433 g/mol. The Labute approximate surface area is 197 Å². The average molecular weight is 460 g/mol. The molecule has 0 spiro atoms. The van der Waals surface area contributed by atoms with Gasteiger partial charge in [-0.3, -0.25) is 4.79 Å². The van der Waals surface area contributed by atoms with Gasteiger partial charge in [-0.25, -0.2) is 9.37 Å². The summed E-state index contributed by atoms with van der Waals surface area (Å²) in [5.41, 5.74) is 4.01. The minimum Gasteiger partial charge on any atom is -0.497 e. The van der Waals surface area contributed by atoms with Crippen molar-refractivity contribution >= 4 is 23.1 Å². The number of nitrogens with one attached hydrogen (secondary N) is 1. The quantitative estimate of drug-likeness (QED) is 0.468. The number of fused-ring (bicyclic) bond motifs is 1. The number of rotatable bonds is 5. The van der Waals surface area contributed by atoms with Crippen LogP contribution < -0.4 is 15.0 Å². The van der Waals surface area contributed by atoms with E-state index in [0.29, 0.717) is 18.5 Å². The second-order valence-corrected chi connectivity index (χ2v) is 8.54. The zero-order chi connectivity index (χ0) is 23.7. The molecule has 3 heterocycles. The van der Waals surface area contributed by atoms with Gasteiger partial charge >= 0.3 is 0 Å². The van der Waals surface area contributed by atoms with Gasteiger partial charge in [0.1, 0.15) is 17.4 Å². The predicted molar refractivity (Wildman–Crippen MR) is 130 cm³/mol. The van der Waals surface area contributed by atoms with Gasteiger partial charge in [0.2, 0.25) is 5.91 Å². The van der Waals surface area contributed by atoms with Crippen molar-refractivity contribution in [3.8, 4) is 17.0 Å². The molecule has 0 aliphatic carbocycles. The normalized spacial score (nSPS) is 14.4. The number of benzene rings is 2. The van der Waals surface area contributed by atoms with Crippen LogP contribution in [0.1, 0.15) is 18.5 Å². The van der Waals surface area contributed by atoms with Crippen LogP contribution in [0.5, 0.6) is 5.75 Å². The number of nitrogens with zero attached hydrogens (tertiary/aromatic N) is 4. The topological polar surface area (TPSA) is 71.8 Å². The number of carbonyl (C=O) groups is 1. The van der Waals surface area contributed by atoms with Crippen LogP contribution in [-0.4, -0.2) is 40.7 Å². The zero-order valence-corrected chi connectivity index (χ0v) is 19.2. The maximum absolute atomic E-state index is 13.4. The van der Waals surface area contributed by atoms with E-state index >= 15 is 0 Å². The molecule has 0 bridgehead atoms. The number of amides is 1. The minimum atomic E-state index is -0.363. The Balaban J connectivity index is 1.33. The highest BCUT2D eigenvalue weighted by molar-refractivity contribution is 5.92. The summed E-state index contributed by atoms with van der Waals surface area (Å²) in [5.74, 6) is 1.21. The minimum absolute atomic E-state index is 0.0674. The van der Waals surface area contributed by atoms with Crippen LogP contribution in [0.4, 0.5) is 15.9 Å². The van der Waals surface area contributed by atoms with Gasteiger partial charge in [-0.05, 0) is 62.2 Å². The smallest absolute Gasteiger partial charge is 0.227 e. The van der Waals surface area contributed by atoms with Crippen molar-refractivity contribution in [1.29, 1.82) is 0 Å². The number of hydrogen-bond donors (Lipinski definition) is 1. The van der Waals surface area contributed by atoms with Gasteiger partial charge in [-0.2, -0.15) is 9.61 Å². The number of hydrogen-bond acceptors (Lipinski definition) is 5. The average Bonchev–Trinajstić information content (AvgIpc) is 3.27. The van der Waals surface area contributed by atoms with Gasteiger partial charge < -0.3 is 15.0 Å². The van der Waals surface area contributed by atoms with Gasteiger partial charge in [-0.15, -0.1) is 0 Å². The number of methoxy groups -OCH3 is 1. The number of halogens is 1. The molecule has 8 heteroatoms. The van der Waals surface area contributed by atoms with Gasteiger partial charge in [0.05, 0.1) is 12.8 Å². The Kier molecular flexibility index (Phi) is 5.88. The fourth-order valence-electron chi connectivity index (χ4n) is 4.39. The molecule has 7 nitrogen and oxygen atoms in total. The summed E-state index contributed by atoms with van der Waals surface area (Å²) >= 11 is 0. The first-order valence-corrected chi connectivity index (χ1v) is 11.3. The van der Waals surface area contributed by atoms with Crippen LogP contribution >= 0.6 is 0 Å². The Morgan fingerprint density at radius 2 is 1.85 bits per heavy atom. The summed E-state index contributed by atoms with van der Waals surface area (Å²) in [6, 6.07) is 17.8. The summed E-state index contributed by atoms with van der Waals surface area (Å²) in [6.45, 7) is 3.41. The molecule has 0 saturated carbocycles. The van der Waals surface area contributed by atoms with Crippen molar-refractivity contribution in [1.82, 2.24) is 14.6 Å². The summed E-state index contributed by atoms with van der Waals surface area (Å²) in [6.07, 6.45) is 1.41. The summed E-state index contributed by atoms with van der Waals surface area (Å²) in [7, 11) is 1.65. The number of aromatic nitrogens is 3. The lowest BCUT2D eigenvalue weighted by Crippen LogP contribution is -2.39. The van der Waals surface area contributed by atoms with Gasteiger partial charge in [-0.1, -0.05) is 6.07 Å². The van der Waals surface area contributed by atoms with E-state index < -0.39 is 0 Å². The molecule has 4 aromatic rings. The third-order valence-corrected chi connectivity index (χ3v) is 6.20. The van der Waals surface area contributed by atoms with Gasteiger partial charge in [0, 0.05) is 48.1 Å². The fraction of sp³-hybridized carbons (Fsp3) is 0.269. The Morgan fingerprint density at radius 1 is 1.09 bits per heavy atom. The highest BCUT2D eigenvalue weighted by Crippen LogP contribution is 2.28. The maximum Gasteiger partial charge on any atom is 0.227 e. The lowest BCUT2D eigenvalue weighted by molar-refractivity contribution is -0.120. The number of carbonyl (C=O) groups excluding carboxylic acids is 1. The number of ether oxygens (including phenoxy) is 1. The highest BCUT2D eigenvalue weighted by Gasteiger charge is 2.27. The number of anilines is 2. The SMILES string of the molecule is COc1ccc(-c2cc3nc(C)cc(N4CCC(C(=O)Nc5cccc(F)c5)CC4)n3n2)cc1. The first kappa shape index (κ1) is 21.9. The molecule has 1 N–H and O–H groups in total. The van der Waals surface area contributed by atoms with E-state index in [1.165, 1.54) is 12.1 Å². The maximum atomic E-state index is 13.4. The van der Waals surface area contributed by atoms with Crippen molar-refractivity contribution in [2.45, 2.75) is 19.8 Å². The van der Waals surface area contributed by atoms with E-state index in [0.717, 1.165) is 47.3 Å². The predicted octanol–water partition coefficient (Wildman–Crippen LogP) is 4.71. The second-order valence-electron chi connectivity index (χ2n) is 8.54. The molecule has 1 aliphatic heterocycles. The van der Waals surface area contributed by atoms with Crippen molar-refractivity contribution in [2.75, 3.05) is 30.4 Å². The molecule has 5 rings (SSSR count). The van der Waals surface area contributed by atoms with Gasteiger partial charge in [0.15, 0.2) is 5.65 Å². The number of piperidine rings is 1. The third-order valence-electron chi connectivity index (χ3n) is 6.20. The molecule has 0 atom stereocenters.